The van der Waals surface area contributed by atoms with Crippen LogP contribution >= 0.6 is 24.2 Å². The number of amides is 2. The van der Waals surface area contributed by atoms with Crippen LogP contribution in [0.1, 0.15) is 104 Å². The summed E-state index contributed by atoms with van der Waals surface area (Å²) in [7, 11) is -17.0. The maximum Gasteiger partial charge on any atom is 0.511 e. The fraction of sp³-hybridized carbons (Fsp3) is 0.407. The molecule has 7 heterocycles. The molecule has 0 radical (unpaired) electrons. The van der Waals surface area contributed by atoms with Gasteiger partial charge in [-0.05, 0) is 92.0 Å². The molecule has 9 N–H and O–H groups in total. The number of carboxylic acid groups (broad SMARTS) is 1. The molecule has 1 aromatic heterocycles. The van der Waals surface area contributed by atoms with Gasteiger partial charge in [0.2, 0.25) is 5.36 Å². The van der Waals surface area contributed by atoms with Crippen molar-refractivity contribution in [2.75, 3.05) is 69.7 Å². The van der Waals surface area contributed by atoms with Crippen LogP contribution in [-0.2, 0) is 57.6 Å². The van der Waals surface area contributed by atoms with E-state index in [-0.39, 0.29) is 61.7 Å². The molecule has 2 unspecified atom stereocenters. The first kappa shape index (κ1) is 59.7. The van der Waals surface area contributed by atoms with Crippen LogP contribution in [0.25, 0.3) is 5.57 Å². The number of alkyl carbamates (subject to hydrolysis) is 1. The molecule has 83 heavy (non-hydrogen) atoms. The number of aromatic nitrogens is 2. The molecule has 0 spiro atoms. The van der Waals surface area contributed by atoms with E-state index < -0.39 is 72.9 Å². The second-order valence-corrected chi connectivity index (χ2v) is 25.0. The minimum absolute atomic E-state index is 0.0318. The number of hydrogen-bond acceptors (Lipinski definition) is 20. The van der Waals surface area contributed by atoms with Gasteiger partial charge in [-0.15, -0.1) is 6.58 Å². The number of carbonyl (C=O) groups is 3. The molecule has 29 heteroatoms. The molecule has 0 aliphatic carbocycles. The summed E-state index contributed by atoms with van der Waals surface area (Å²) >= 11 is 0. The van der Waals surface area contributed by atoms with E-state index in [9.17, 15) is 48.4 Å². The molecule has 3 aromatic carbocycles. The smallest absolute Gasteiger partial charge is 0.511 e. The van der Waals surface area contributed by atoms with Gasteiger partial charge in [0.05, 0.1) is 42.6 Å². The first-order valence-electron chi connectivity index (χ1n) is 26.8. The predicted molar refractivity (Wildman–Crippen MR) is 296 cm³/mol. The minimum Gasteiger partial charge on any atom is -0.603 e. The molecule has 6 aliphatic heterocycles. The number of nitrogens with one attached hydrogen (secondary N) is 2. The molecular formula is C54H61N7O19P3+. The Balaban J connectivity index is 0.768. The topological polar surface area (TPSA) is 371 Å². The maximum atomic E-state index is 14.0. The Hall–Kier alpha value is -6.49. The summed E-state index contributed by atoms with van der Waals surface area (Å²) in [4.78, 5) is 119. The third-order valence-electron chi connectivity index (χ3n) is 14.9. The van der Waals surface area contributed by atoms with Crippen molar-refractivity contribution in [3.05, 3.63) is 132 Å². The molecule has 1 saturated heterocycles. The average molecular weight is 1210 g/mol. The summed E-state index contributed by atoms with van der Waals surface area (Å²) in [5.41, 5.74) is 13.9. The van der Waals surface area contributed by atoms with Crippen molar-refractivity contribution in [3.8, 4) is 23.3 Å². The molecular weight excluding hydrogens is 1140 g/mol. The number of carbonyl (C=O) groups excluding carboxylic acids is 2. The fourth-order valence-corrected chi connectivity index (χ4v) is 14.6. The molecule has 0 bridgehead atoms. The Morgan fingerprint density at radius 1 is 1.00 bits per heavy atom. The molecule has 0 saturated carbocycles. The number of anilines is 2. The van der Waals surface area contributed by atoms with Crippen LogP contribution in [0.5, 0.6) is 11.5 Å². The number of ether oxygens (including phenoxy) is 4. The van der Waals surface area contributed by atoms with Crippen LogP contribution in [0.3, 0.4) is 0 Å². The van der Waals surface area contributed by atoms with Crippen molar-refractivity contribution < 1.29 is 85.5 Å². The number of nitrogen functional groups attached to an aromatic ring is 1. The number of nitrogens with zero attached hydrogens (tertiary/aromatic N) is 4. The van der Waals surface area contributed by atoms with E-state index >= 15 is 0 Å². The standard InChI is InChI=1S/C54H60N7O19P3/c1-3-23-74-42-27-44(77-43(42)30-76-82(70,71)80-83(72,73)79-81(67,68)69)61-28-35(50(55)58-53(61)65)9-4-17-57-54(66)75-29-31(2)16-18-56-51(62)34-14-15-36(52(63)64)39(26-34)45-40-24-32-10-5-19-59-21-7-12-37(46(32)59)48(40)78-49-38-13-8-22-60-20-6-11-33(47(38)60)25-41(45)49/h3,14-15,24-26,28,42-44H,1-2,5-8,10-13,16-23,27,29-30H2,(H8-,55,56,57,58,62,63,64,65,66,67,68,69,70,71,72,73)/p+1/t42-,43+,44+/m0/s1. The largest absolute Gasteiger partial charge is 0.603 e. The quantitative estimate of drug-likeness (QED) is 0.0237. The molecule has 1 fully saturated rings. The average Bonchev–Trinajstić information content (AvgIpc) is 3.16. The highest BCUT2D eigenvalue weighted by Crippen LogP contribution is 2.70. The lowest BCUT2D eigenvalue weighted by Gasteiger charge is -2.39. The lowest BCUT2D eigenvalue weighted by Crippen LogP contribution is -2.45. The van der Waals surface area contributed by atoms with Crippen molar-refractivity contribution in [3.63, 3.8) is 0 Å². The highest BCUT2D eigenvalue weighted by molar-refractivity contribution is 7.70. The second kappa shape index (κ2) is 24.6. The summed E-state index contributed by atoms with van der Waals surface area (Å²) in [6.45, 7) is 10.2. The highest BCUT2D eigenvalue weighted by Gasteiger charge is 2.51. The van der Waals surface area contributed by atoms with Gasteiger partial charge in [0.25, 0.3) is 5.91 Å². The van der Waals surface area contributed by atoms with Crippen molar-refractivity contribution >= 4 is 59.2 Å². The Morgan fingerprint density at radius 2 is 1.75 bits per heavy atom. The summed E-state index contributed by atoms with van der Waals surface area (Å²) in [6, 6.07) is 9.05. The van der Waals surface area contributed by atoms with Gasteiger partial charge in [-0.1, -0.05) is 28.8 Å². The lowest BCUT2D eigenvalue weighted by atomic mass is 9.81. The van der Waals surface area contributed by atoms with Crippen LogP contribution < -0.4 is 56.6 Å². The van der Waals surface area contributed by atoms with Gasteiger partial charge in [-0.2, -0.15) is 19.7 Å². The number of rotatable bonds is 20. The van der Waals surface area contributed by atoms with Crippen LogP contribution in [0.15, 0.2) is 66.1 Å². The van der Waals surface area contributed by atoms with Crippen LogP contribution in [0.4, 0.5) is 16.3 Å². The van der Waals surface area contributed by atoms with E-state index in [1.807, 2.05) is 0 Å². The molecule has 5 atom stereocenters. The van der Waals surface area contributed by atoms with E-state index in [1.54, 1.807) is 6.07 Å². The zero-order valence-corrected chi connectivity index (χ0v) is 47.5. The molecule has 10 rings (SSSR count). The molecule has 440 valence electrons. The number of phosphoric acid groups is 3. The van der Waals surface area contributed by atoms with Gasteiger partial charge in [-0.3, -0.25) is 13.9 Å². The van der Waals surface area contributed by atoms with E-state index in [1.165, 1.54) is 46.6 Å². The van der Waals surface area contributed by atoms with Crippen LogP contribution in [-0.4, -0.2) is 123 Å². The first-order chi connectivity index (χ1) is 39.6. The number of aromatic carboxylic acids is 1. The van der Waals surface area contributed by atoms with Crippen molar-refractivity contribution in [1.29, 1.82) is 0 Å². The SMILES string of the molecule is C=CCO[C@H]1C[C@H](n2cc(C#CCNC(=O)OCC(=C)CCNC(=O)c3ccc(C(=O)O)c(C4=c5cc6c7c(c5Oc5c4cc4c8c5CCCN8CCC4)CCC[N+]=7CCC6)c3)c(N)nc2=O)O[C@@H]1COP(=O)(O)O[P+]([O-])(O)O[P+]([O-])(O)O. The predicted octanol–water partition coefficient (Wildman–Crippen LogP) is 1.47. The number of hydrogen-bond donors (Lipinski definition) is 8. The van der Waals surface area contributed by atoms with E-state index in [2.05, 4.69) is 70.8 Å². The fourth-order valence-electron chi connectivity index (χ4n) is 11.5. The molecule has 6 aliphatic rings. The van der Waals surface area contributed by atoms with E-state index in [0.717, 1.165) is 121 Å². The highest BCUT2D eigenvalue weighted by atomic mass is 31.3. The van der Waals surface area contributed by atoms with Crippen LogP contribution in [0.2, 0.25) is 0 Å². The number of benzene rings is 3. The zero-order chi connectivity index (χ0) is 59.0. The van der Waals surface area contributed by atoms with Gasteiger partial charge in [0.15, 0.2) is 0 Å². The van der Waals surface area contributed by atoms with Crippen LogP contribution in [0, 0.1) is 11.8 Å². The van der Waals surface area contributed by atoms with Crippen molar-refractivity contribution in [2.45, 2.75) is 82.6 Å². The zero-order valence-electron chi connectivity index (χ0n) is 44.8. The third-order valence-corrected chi connectivity index (χ3v) is 18.7. The monoisotopic (exact) mass is 1200 g/mol. The van der Waals surface area contributed by atoms with Gasteiger partial charge in [0, 0.05) is 88.1 Å². The Labute approximate surface area is 476 Å². The summed E-state index contributed by atoms with van der Waals surface area (Å²) < 4.78 is 52.0. The lowest BCUT2D eigenvalue weighted by molar-refractivity contribution is -0.256. The number of phosphoric ester groups is 1. The number of fused-ring (bicyclic) bond motifs is 4. The molecule has 4 aromatic rings. The molecule has 26 nitrogen and oxygen atoms in total. The maximum absolute atomic E-state index is 14.0. The minimum atomic E-state index is -5.80. The number of aryl methyl sites for hydroxylation is 2. The summed E-state index contributed by atoms with van der Waals surface area (Å²) in [6.07, 6.45) is 5.96. The Bertz CT molecular complexity index is 3630. The molecule has 2 amide bonds. The third kappa shape index (κ3) is 13.4. The number of carboxylic acids is 1. The first-order valence-corrected chi connectivity index (χ1v) is 31.3. The Morgan fingerprint density at radius 3 is 2.51 bits per heavy atom. The van der Waals surface area contributed by atoms with Gasteiger partial charge < -0.3 is 60.0 Å². The van der Waals surface area contributed by atoms with Gasteiger partial charge in [-0.25, -0.2) is 23.5 Å². The number of nitrogens with two attached hydrogens (primary N) is 1. The van der Waals surface area contributed by atoms with Gasteiger partial charge in [0.1, 0.15) is 49.3 Å². The van der Waals surface area contributed by atoms with E-state index in [0.29, 0.717) is 11.1 Å². The summed E-state index contributed by atoms with van der Waals surface area (Å²) in [5.74, 6) is 5.09. The second-order valence-electron chi connectivity index (χ2n) is 20.5. The Kier molecular flexibility index (Phi) is 17.7. The van der Waals surface area contributed by atoms with E-state index in [4.69, 9.17) is 39.0 Å². The summed E-state index contributed by atoms with van der Waals surface area (Å²) in [5, 5.41) is 18.2. The van der Waals surface area contributed by atoms with Crippen molar-refractivity contribution in [1.82, 2.24) is 24.8 Å². The van der Waals surface area contributed by atoms with Gasteiger partial charge >= 0.3 is 41.9 Å². The van der Waals surface area contributed by atoms with Crippen molar-refractivity contribution in [2.24, 2.45) is 0 Å². The normalized spacial score (nSPS) is 19.9.